The molecule has 0 aliphatic rings. The SMILES string of the molecule is Cc1c(C)n(CCCC(C)C)c2ccc(C(=O)O)cc12. The predicted octanol–water partition coefficient (Wildman–Crippen LogP) is 4.39. The van der Waals surface area contributed by atoms with Crippen molar-refractivity contribution in [2.45, 2.75) is 47.1 Å². The number of carboxylic acids is 1. The van der Waals surface area contributed by atoms with Crippen LogP contribution in [-0.2, 0) is 6.54 Å². The van der Waals surface area contributed by atoms with Crippen LogP contribution in [0, 0.1) is 19.8 Å². The molecule has 0 radical (unpaired) electrons. The normalized spacial score (nSPS) is 11.4. The van der Waals surface area contributed by atoms with E-state index in [0.29, 0.717) is 5.56 Å². The molecule has 1 heterocycles. The Kier molecular flexibility index (Phi) is 4.17. The van der Waals surface area contributed by atoms with Gasteiger partial charge in [0.25, 0.3) is 0 Å². The lowest BCUT2D eigenvalue weighted by Gasteiger charge is -2.10. The Morgan fingerprint density at radius 1 is 1.30 bits per heavy atom. The first kappa shape index (κ1) is 14.6. The van der Waals surface area contributed by atoms with Gasteiger partial charge in [0.1, 0.15) is 0 Å². The summed E-state index contributed by atoms with van der Waals surface area (Å²) in [4.78, 5) is 11.1. The van der Waals surface area contributed by atoms with Gasteiger partial charge in [-0.2, -0.15) is 0 Å². The van der Waals surface area contributed by atoms with Gasteiger partial charge in [-0.05, 0) is 56.4 Å². The van der Waals surface area contributed by atoms with Crippen LogP contribution in [0.4, 0.5) is 0 Å². The number of aromatic carboxylic acids is 1. The van der Waals surface area contributed by atoms with E-state index in [1.165, 1.54) is 17.7 Å². The fraction of sp³-hybridized carbons (Fsp3) is 0.471. The highest BCUT2D eigenvalue weighted by atomic mass is 16.4. The average Bonchev–Trinajstić information content (AvgIpc) is 2.63. The highest BCUT2D eigenvalue weighted by molar-refractivity contribution is 5.95. The number of hydrogen-bond acceptors (Lipinski definition) is 1. The first-order chi connectivity index (χ1) is 9.41. The lowest BCUT2D eigenvalue weighted by atomic mass is 10.1. The largest absolute Gasteiger partial charge is 0.478 e. The van der Waals surface area contributed by atoms with Crippen LogP contribution in [-0.4, -0.2) is 15.6 Å². The van der Waals surface area contributed by atoms with Crippen molar-refractivity contribution in [3.63, 3.8) is 0 Å². The molecule has 0 saturated carbocycles. The monoisotopic (exact) mass is 273 g/mol. The summed E-state index contributed by atoms with van der Waals surface area (Å²) in [5, 5.41) is 10.2. The van der Waals surface area contributed by atoms with Crippen LogP contribution in [0.1, 0.15) is 48.3 Å². The lowest BCUT2D eigenvalue weighted by molar-refractivity contribution is 0.0697. The maximum atomic E-state index is 11.1. The molecule has 1 aromatic carbocycles. The first-order valence-corrected chi connectivity index (χ1v) is 7.24. The minimum atomic E-state index is -0.864. The topological polar surface area (TPSA) is 42.2 Å². The number of carboxylic acid groups (broad SMARTS) is 1. The molecule has 0 atom stereocenters. The van der Waals surface area contributed by atoms with Crippen LogP contribution in [0.3, 0.4) is 0 Å². The molecule has 3 heteroatoms. The van der Waals surface area contributed by atoms with Gasteiger partial charge in [-0.15, -0.1) is 0 Å². The Morgan fingerprint density at radius 3 is 2.60 bits per heavy atom. The van der Waals surface area contributed by atoms with Crippen molar-refractivity contribution >= 4 is 16.9 Å². The number of aryl methyl sites for hydroxylation is 2. The van der Waals surface area contributed by atoms with Gasteiger partial charge in [-0.25, -0.2) is 4.79 Å². The van der Waals surface area contributed by atoms with Gasteiger partial charge in [-0.1, -0.05) is 13.8 Å². The molecule has 0 aliphatic carbocycles. The Balaban J connectivity index is 2.40. The van der Waals surface area contributed by atoms with Crippen LogP contribution >= 0.6 is 0 Å². The van der Waals surface area contributed by atoms with Crippen molar-refractivity contribution in [3.05, 3.63) is 35.0 Å². The second kappa shape index (κ2) is 5.70. The van der Waals surface area contributed by atoms with Crippen molar-refractivity contribution in [3.8, 4) is 0 Å². The maximum Gasteiger partial charge on any atom is 0.335 e. The second-order valence-corrected chi connectivity index (χ2v) is 5.94. The first-order valence-electron chi connectivity index (χ1n) is 7.24. The predicted molar refractivity (Wildman–Crippen MR) is 82.4 cm³/mol. The van der Waals surface area contributed by atoms with Crippen molar-refractivity contribution in [2.24, 2.45) is 5.92 Å². The van der Waals surface area contributed by atoms with Crippen molar-refractivity contribution in [1.29, 1.82) is 0 Å². The summed E-state index contributed by atoms with van der Waals surface area (Å²) in [6.45, 7) is 9.67. The smallest absolute Gasteiger partial charge is 0.335 e. The Labute approximate surface area is 120 Å². The Hall–Kier alpha value is -1.77. The molecule has 0 unspecified atom stereocenters. The molecule has 1 N–H and O–H groups in total. The van der Waals surface area contributed by atoms with E-state index < -0.39 is 5.97 Å². The van der Waals surface area contributed by atoms with E-state index in [1.54, 1.807) is 12.1 Å². The number of rotatable bonds is 5. The van der Waals surface area contributed by atoms with Crippen molar-refractivity contribution in [2.75, 3.05) is 0 Å². The zero-order valence-electron chi connectivity index (χ0n) is 12.7. The Bertz CT molecular complexity index is 638. The zero-order chi connectivity index (χ0) is 14.9. The summed E-state index contributed by atoms with van der Waals surface area (Å²) in [6, 6.07) is 5.43. The van der Waals surface area contributed by atoms with Gasteiger partial charge in [0.2, 0.25) is 0 Å². The summed E-state index contributed by atoms with van der Waals surface area (Å²) < 4.78 is 2.32. The number of carbonyl (C=O) groups is 1. The molecule has 2 aromatic rings. The second-order valence-electron chi connectivity index (χ2n) is 5.94. The summed E-state index contributed by atoms with van der Waals surface area (Å²) in [6.07, 6.45) is 2.37. The van der Waals surface area contributed by atoms with Gasteiger partial charge in [0.15, 0.2) is 0 Å². The average molecular weight is 273 g/mol. The third-order valence-electron chi connectivity index (χ3n) is 4.05. The molecule has 3 nitrogen and oxygen atoms in total. The van der Waals surface area contributed by atoms with Gasteiger partial charge in [0.05, 0.1) is 5.56 Å². The van der Waals surface area contributed by atoms with E-state index in [9.17, 15) is 4.79 Å². The zero-order valence-corrected chi connectivity index (χ0v) is 12.7. The van der Waals surface area contributed by atoms with Crippen LogP contribution < -0.4 is 0 Å². The minimum Gasteiger partial charge on any atom is -0.478 e. The van der Waals surface area contributed by atoms with E-state index in [2.05, 4.69) is 32.3 Å². The van der Waals surface area contributed by atoms with E-state index in [4.69, 9.17) is 5.11 Å². The summed E-state index contributed by atoms with van der Waals surface area (Å²) in [5.41, 5.74) is 3.94. The molecule has 1 aromatic heterocycles. The molecule has 0 spiro atoms. The summed E-state index contributed by atoms with van der Waals surface area (Å²) in [5.74, 6) is -0.145. The highest BCUT2D eigenvalue weighted by Crippen LogP contribution is 2.27. The fourth-order valence-electron chi connectivity index (χ4n) is 2.73. The molecule has 108 valence electrons. The molecule has 0 amide bonds. The Morgan fingerprint density at radius 2 is 2.00 bits per heavy atom. The van der Waals surface area contributed by atoms with Crippen LogP contribution in [0.15, 0.2) is 18.2 Å². The van der Waals surface area contributed by atoms with Crippen LogP contribution in [0.25, 0.3) is 10.9 Å². The molecular weight excluding hydrogens is 250 g/mol. The highest BCUT2D eigenvalue weighted by Gasteiger charge is 2.13. The van der Waals surface area contributed by atoms with Gasteiger partial charge in [0, 0.05) is 23.1 Å². The van der Waals surface area contributed by atoms with E-state index in [1.807, 2.05) is 6.07 Å². The minimum absolute atomic E-state index is 0.361. The number of nitrogens with zero attached hydrogens (tertiary/aromatic N) is 1. The maximum absolute atomic E-state index is 11.1. The molecule has 0 bridgehead atoms. The third kappa shape index (κ3) is 2.72. The molecule has 20 heavy (non-hydrogen) atoms. The fourth-order valence-corrected chi connectivity index (χ4v) is 2.73. The lowest BCUT2D eigenvalue weighted by Crippen LogP contribution is -2.02. The molecular formula is C17H23NO2. The van der Waals surface area contributed by atoms with Gasteiger partial charge in [-0.3, -0.25) is 0 Å². The molecule has 0 aliphatic heterocycles. The summed E-state index contributed by atoms with van der Waals surface area (Å²) in [7, 11) is 0. The van der Waals surface area contributed by atoms with Crippen LogP contribution in [0.5, 0.6) is 0 Å². The molecule has 2 rings (SSSR count). The van der Waals surface area contributed by atoms with E-state index in [0.717, 1.165) is 29.8 Å². The quantitative estimate of drug-likeness (QED) is 0.877. The third-order valence-corrected chi connectivity index (χ3v) is 4.05. The number of fused-ring (bicyclic) bond motifs is 1. The van der Waals surface area contributed by atoms with Gasteiger partial charge >= 0.3 is 5.97 Å². The van der Waals surface area contributed by atoms with Crippen molar-refractivity contribution in [1.82, 2.24) is 4.57 Å². The molecule has 0 fully saturated rings. The van der Waals surface area contributed by atoms with Crippen LogP contribution in [0.2, 0.25) is 0 Å². The van der Waals surface area contributed by atoms with Crippen molar-refractivity contribution < 1.29 is 9.90 Å². The van der Waals surface area contributed by atoms with Gasteiger partial charge < -0.3 is 9.67 Å². The number of benzene rings is 1. The standard InChI is InChI=1S/C17H23NO2/c1-11(2)6-5-9-18-13(4)12(3)15-10-14(17(19)20)7-8-16(15)18/h7-8,10-11H,5-6,9H2,1-4H3,(H,19,20). The molecule has 0 saturated heterocycles. The number of hydrogen-bond donors (Lipinski definition) is 1. The van der Waals surface area contributed by atoms with E-state index >= 15 is 0 Å². The van der Waals surface area contributed by atoms with E-state index in [-0.39, 0.29) is 0 Å². The number of aromatic nitrogens is 1. The summed E-state index contributed by atoms with van der Waals surface area (Å²) >= 11 is 0.